The number of para-hydroxylation sites is 1. The maximum Gasteiger partial charge on any atom is 0.307 e. The molecule has 2 aliphatic rings. The van der Waals surface area contributed by atoms with E-state index in [2.05, 4.69) is 9.80 Å². The normalized spacial score (nSPS) is 17.0. The molecule has 0 radical (unpaired) electrons. The summed E-state index contributed by atoms with van der Waals surface area (Å²) in [5.74, 6) is -0.191. The van der Waals surface area contributed by atoms with Gasteiger partial charge in [0.2, 0.25) is 5.96 Å². The zero-order chi connectivity index (χ0) is 27.7. The number of aliphatic imine (C=N–C) groups is 1. The van der Waals surface area contributed by atoms with E-state index in [0.717, 1.165) is 11.3 Å². The molecule has 204 valence electrons. The summed E-state index contributed by atoms with van der Waals surface area (Å²) in [6, 6.07) is 14.2. The van der Waals surface area contributed by atoms with E-state index in [4.69, 9.17) is 26.1 Å². The summed E-state index contributed by atoms with van der Waals surface area (Å²) in [7, 11) is 2.88. The third-order valence-electron chi connectivity index (χ3n) is 7.18. The smallest absolute Gasteiger partial charge is 0.307 e. The van der Waals surface area contributed by atoms with Crippen molar-refractivity contribution >= 4 is 40.6 Å². The van der Waals surface area contributed by atoms with Gasteiger partial charge in [-0.05, 0) is 48.9 Å². The lowest BCUT2D eigenvalue weighted by Gasteiger charge is -2.45. The molecule has 0 aliphatic carbocycles. The van der Waals surface area contributed by atoms with Gasteiger partial charge in [0.15, 0.2) is 0 Å². The van der Waals surface area contributed by atoms with Crippen molar-refractivity contribution in [3.8, 4) is 5.75 Å². The molecule has 1 saturated heterocycles. The van der Waals surface area contributed by atoms with E-state index >= 15 is 4.39 Å². The van der Waals surface area contributed by atoms with Crippen LogP contribution >= 0.6 is 11.6 Å². The summed E-state index contributed by atoms with van der Waals surface area (Å²) in [6.45, 7) is 4.30. The van der Waals surface area contributed by atoms with E-state index in [-0.39, 0.29) is 17.9 Å². The molecule has 0 spiro atoms. The molecule has 2 aliphatic heterocycles. The Kier molecular flexibility index (Phi) is 7.61. The molecule has 5 rings (SSSR count). The molecule has 1 atom stereocenters. The molecule has 0 aromatic heterocycles. The van der Waals surface area contributed by atoms with E-state index in [9.17, 15) is 9.18 Å². The van der Waals surface area contributed by atoms with Crippen LogP contribution in [0, 0.1) is 18.6 Å². The van der Waals surface area contributed by atoms with E-state index in [0.29, 0.717) is 54.2 Å². The fraction of sp³-hybridized carbons (Fsp3) is 0.310. The van der Waals surface area contributed by atoms with Crippen molar-refractivity contribution in [3.63, 3.8) is 0 Å². The monoisotopic (exact) mass is 554 g/mol. The van der Waals surface area contributed by atoms with Crippen LogP contribution < -0.4 is 14.5 Å². The Morgan fingerprint density at radius 3 is 2.38 bits per heavy atom. The zero-order valence-corrected chi connectivity index (χ0v) is 22.7. The Balaban J connectivity index is 1.60. The highest BCUT2D eigenvalue weighted by Crippen LogP contribution is 2.45. The summed E-state index contributed by atoms with van der Waals surface area (Å²) >= 11 is 6.43. The van der Waals surface area contributed by atoms with E-state index in [1.807, 2.05) is 17.9 Å². The molecule has 39 heavy (non-hydrogen) atoms. The number of nitrogens with zero attached hydrogens (tertiary/aromatic N) is 4. The van der Waals surface area contributed by atoms with Crippen molar-refractivity contribution < 1.29 is 23.0 Å². The minimum absolute atomic E-state index is 0.0354. The Labute approximate surface area is 231 Å². The minimum atomic E-state index is -0.611. The fourth-order valence-electron chi connectivity index (χ4n) is 5.11. The van der Waals surface area contributed by atoms with Crippen molar-refractivity contribution in [1.82, 2.24) is 4.90 Å². The molecule has 3 aromatic carbocycles. The highest BCUT2D eigenvalue weighted by molar-refractivity contribution is 6.31. The molecule has 0 N–H and O–H groups in total. The van der Waals surface area contributed by atoms with Crippen LogP contribution in [0.3, 0.4) is 0 Å². The van der Waals surface area contributed by atoms with Gasteiger partial charge < -0.3 is 24.2 Å². The number of rotatable bonds is 5. The summed E-state index contributed by atoms with van der Waals surface area (Å²) in [5.41, 5.74) is 3.16. The van der Waals surface area contributed by atoms with Gasteiger partial charge in [-0.2, -0.15) is 0 Å². The molecule has 7 nitrogen and oxygen atoms in total. The average Bonchev–Trinajstić information content (AvgIpc) is 2.95. The Bertz CT molecular complexity index is 1410. The van der Waals surface area contributed by atoms with Gasteiger partial charge in [-0.3, -0.25) is 4.79 Å². The third kappa shape index (κ3) is 5.23. The van der Waals surface area contributed by atoms with E-state index in [1.165, 1.54) is 25.3 Å². The number of hydrogen-bond donors (Lipinski definition) is 0. The quantitative estimate of drug-likeness (QED) is 0.368. The van der Waals surface area contributed by atoms with Crippen molar-refractivity contribution in [3.05, 3.63) is 82.4 Å². The van der Waals surface area contributed by atoms with Crippen molar-refractivity contribution in [2.24, 2.45) is 4.99 Å². The number of ether oxygens (including phenoxy) is 2. The number of piperazine rings is 1. The number of hydrogen-bond acceptors (Lipinski definition) is 7. The van der Waals surface area contributed by atoms with Gasteiger partial charge in [0, 0.05) is 48.5 Å². The Morgan fingerprint density at radius 1 is 1.03 bits per heavy atom. The second kappa shape index (κ2) is 11.1. The van der Waals surface area contributed by atoms with Gasteiger partial charge in [-0.1, -0.05) is 23.7 Å². The number of carbonyl (C=O) groups excluding carboxylic acids is 1. The van der Waals surface area contributed by atoms with Gasteiger partial charge in [0.05, 0.1) is 32.4 Å². The molecule has 0 amide bonds. The zero-order valence-electron chi connectivity index (χ0n) is 22.0. The number of esters is 1. The average molecular weight is 555 g/mol. The van der Waals surface area contributed by atoms with Crippen LogP contribution in [-0.2, 0) is 9.53 Å². The second-order valence-corrected chi connectivity index (χ2v) is 9.89. The topological polar surface area (TPSA) is 57.6 Å². The maximum atomic E-state index is 15.2. The van der Waals surface area contributed by atoms with Crippen LogP contribution in [0.15, 0.2) is 59.6 Å². The predicted molar refractivity (Wildman–Crippen MR) is 148 cm³/mol. The van der Waals surface area contributed by atoms with Gasteiger partial charge >= 0.3 is 5.97 Å². The molecular formula is C29H29ClF2N4O3. The number of aryl methyl sites for hydroxylation is 1. The van der Waals surface area contributed by atoms with E-state index < -0.39 is 17.8 Å². The maximum absolute atomic E-state index is 15.2. The summed E-state index contributed by atoms with van der Waals surface area (Å²) in [5, 5.41) is 0.537. The molecule has 2 heterocycles. The first-order valence-corrected chi connectivity index (χ1v) is 13.0. The molecular weight excluding hydrogens is 526 g/mol. The predicted octanol–water partition coefficient (Wildman–Crippen LogP) is 5.87. The standard InChI is InChI=1S/C29H29ClF2N4O3/c1-18-15-25(26(38-2)16-22(18)30)36-24(17-27(37)39-3)21-5-4-6-23(32)28(21)33-29(36)35-13-11-34(12-14-35)20-9-7-19(31)8-10-20/h4-10,15-16,24H,11-14,17H2,1-3H3. The SMILES string of the molecule is COC(=O)CC1c2cccc(F)c2N=C(N2CCN(c3ccc(F)cc3)CC2)N1c1cc(C)c(Cl)cc1OC. The summed E-state index contributed by atoms with van der Waals surface area (Å²) < 4.78 is 39.4. The lowest BCUT2D eigenvalue weighted by atomic mass is 9.96. The molecule has 10 heteroatoms. The van der Waals surface area contributed by atoms with Gasteiger partial charge in [0.25, 0.3) is 0 Å². The summed E-state index contributed by atoms with van der Waals surface area (Å²) in [6.07, 6.45) is -0.0354. The first-order valence-electron chi connectivity index (χ1n) is 12.6. The Hall–Kier alpha value is -3.85. The molecule has 1 fully saturated rings. The van der Waals surface area contributed by atoms with Crippen molar-refractivity contribution in [2.75, 3.05) is 50.2 Å². The highest BCUT2D eigenvalue weighted by Gasteiger charge is 2.39. The molecule has 3 aromatic rings. The van der Waals surface area contributed by atoms with Gasteiger partial charge in [0.1, 0.15) is 23.1 Å². The van der Waals surface area contributed by atoms with Crippen LogP contribution in [0.4, 0.5) is 25.8 Å². The molecule has 1 unspecified atom stereocenters. The lowest BCUT2D eigenvalue weighted by Crippen LogP contribution is -2.55. The van der Waals surface area contributed by atoms with Crippen LogP contribution in [0.25, 0.3) is 0 Å². The van der Waals surface area contributed by atoms with Crippen molar-refractivity contribution in [1.29, 1.82) is 0 Å². The van der Waals surface area contributed by atoms with Crippen LogP contribution in [-0.4, -0.2) is 57.2 Å². The molecule has 0 saturated carbocycles. The largest absolute Gasteiger partial charge is 0.495 e. The number of guanidine groups is 1. The van der Waals surface area contributed by atoms with Gasteiger partial charge in [-0.25, -0.2) is 13.8 Å². The number of fused-ring (bicyclic) bond motifs is 1. The van der Waals surface area contributed by atoms with Crippen molar-refractivity contribution in [2.45, 2.75) is 19.4 Å². The fourth-order valence-corrected chi connectivity index (χ4v) is 5.26. The lowest BCUT2D eigenvalue weighted by molar-refractivity contribution is -0.141. The van der Waals surface area contributed by atoms with Crippen LogP contribution in [0.2, 0.25) is 5.02 Å². The highest BCUT2D eigenvalue weighted by atomic mass is 35.5. The number of halogens is 3. The van der Waals surface area contributed by atoms with Crippen LogP contribution in [0.5, 0.6) is 5.75 Å². The second-order valence-electron chi connectivity index (χ2n) is 9.48. The van der Waals surface area contributed by atoms with Gasteiger partial charge in [-0.15, -0.1) is 0 Å². The van der Waals surface area contributed by atoms with Crippen LogP contribution in [0.1, 0.15) is 23.6 Å². The third-order valence-corrected chi connectivity index (χ3v) is 7.58. The summed E-state index contributed by atoms with van der Waals surface area (Å²) in [4.78, 5) is 23.6. The number of carbonyl (C=O) groups is 1. The molecule has 0 bridgehead atoms. The first-order chi connectivity index (χ1) is 18.8. The Morgan fingerprint density at radius 2 is 1.72 bits per heavy atom. The minimum Gasteiger partial charge on any atom is -0.495 e. The number of methoxy groups -OCH3 is 2. The first kappa shape index (κ1) is 26.7. The van der Waals surface area contributed by atoms with E-state index in [1.54, 1.807) is 37.4 Å². The number of benzene rings is 3. The number of anilines is 2.